The van der Waals surface area contributed by atoms with Crippen LogP contribution in [0.3, 0.4) is 0 Å². The van der Waals surface area contributed by atoms with Gasteiger partial charge in [0.2, 0.25) is 5.91 Å². The molecule has 1 aliphatic carbocycles. The van der Waals surface area contributed by atoms with Gasteiger partial charge in [-0.1, -0.05) is 31.4 Å². The van der Waals surface area contributed by atoms with Gasteiger partial charge in [-0.15, -0.1) is 0 Å². The number of hydrogen-bond acceptors (Lipinski definition) is 4. The van der Waals surface area contributed by atoms with Crippen molar-refractivity contribution in [2.75, 3.05) is 32.7 Å². The highest BCUT2D eigenvalue weighted by Crippen LogP contribution is 2.17. The van der Waals surface area contributed by atoms with E-state index in [0.29, 0.717) is 18.2 Å². The number of piperazine rings is 1. The summed E-state index contributed by atoms with van der Waals surface area (Å²) in [5, 5.41) is 12.3. The van der Waals surface area contributed by atoms with Gasteiger partial charge in [-0.2, -0.15) is 0 Å². The van der Waals surface area contributed by atoms with Crippen molar-refractivity contribution in [3.63, 3.8) is 0 Å². The van der Waals surface area contributed by atoms with Crippen molar-refractivity contribution in [3.8, 4) is 0 Å². The van der Waals surface area contributed by atoms with Crippen LogP contribution in [-0.4, -0.2) is 65.5 Å². The Hall–Kier alpha value is -1.92. The van der Waals surface area contributed by atoms with Gasteiger partial charge in [0.1, 0.15) is 0 Å². The first-order valence-corrected chi connectivity index (χ1v) is 9.66. The van der Waals surface area contributed by atoms with Crippen molar-refractivity contribution in [1.82, 2.24) is 15.1 Å². The summed E-state index contributed by atoms with van der Waals surface area (Å²) < 4.78 is 0. The standard InChI is InChI=1S/C20H29N3O3/c24-19(21-18-7-2-1-3-8-18)15-23-11-9-22(10-12-23)14-16-5-4-6-17(13-16)20(25)26/h4-6,13,18H,1-3,7-12,14-15H2,(H,21,24)(H,25,26). The van der Waals surface area contributed by atoms with Crippen LogP contribution in [0.1, 0.15) is 48.0 Å². The van der Waals surface area contributed by atoms with Crippen molar-refractivity contribution in [3.05, 3.63) is 35.4 Å². The lowest BCUT2D eigenvalue weighted by molar-refractivity contribution is -0.123. The number of carbonyl (C=O) groups excluding carboxylic acids is 1. The van der Waals surface area contributed by atoms with Gasteiger partial charge in [-0.25, -0.2) is 4.79 Å². The minimum Gasteiger partial charge on any atom is -0.478 e. The SMILES string of the molecule is O=C(CN1CCN(Cc2cccc(C(=O)O)c2)CC1)NC1CCCCC1. The molecule has 26 heavy (non-hydrogen) atoms. The van der Waals surface area contributed by atoms with E-state index in [0.717, 1.165) is 51.1 Å². The molecule has 3 rings (SSSR count). The van der Waals surface area contributed by atoms with Crippen molar-refractivity contribution in [2.24, 2.45) is 0 Å². The minimum atomic E-state index is -0.888. The van der Waals surface area contributed by atoms with Crippen molar-refractivity contribution in [1.29, 1.82) is 0 Å². The predicted octanol–water partition coefficient (Wildman–Crippen LogP) is 1.95. The second kappa shape index (κ2) is 9.14. The van der Waals surface area contributed by atoms with Crippen molar-refractivity contribution >= 4 is 11.9 Å². The molecule has 1 heterocycles. The molecule has 1 saturated carbocycles. The lowest BCUT2D eigenvalue weighted by Gasteiger charge is -2.34. The molecule has 6 nitrogen and oxygen atoms in total. The second-order valence-electron chi connectivity index (χ2n) is 7.46. The number of nitrogens with zero attached hydrogens (tertiary/aromatic N) is 2. The van der Waals surface area contributed by atoms with Gasteiger partial charge < -0.3 is 10.4 Å². The summed E-state index contributed by atoms with van der Waals surface area (Å²) >= 11 is 0. The molecule has 0 radical (unpaired) electrons. The zero-order valence-corrected chi connectivity index (χ0v) is 15.3. The molecular formula is C20H29N3O3. The fourth-order valence-electron chi connectivity index (χ4n) is 3.89. The van der Waals surface area contributed by atoms with Crippen LogP contribution in [0.5, 0.6) is 0 Å². The van der Waals surface area contributed by atoms with Crippen LogP contribution in [0.15, 0.2) is 24.3 Å². The van der Waals surface area contributed by atoms with Crippen LogP contribution in [-0.2, 0) is 11.3 Å². The Labute approximate surface area is 155 Å². The molecule has 0 aromatic heterocycles. The molecule has 0 bridgehead atoms. The molecule has 0 atom stereocenters. The van der Waals surface area contributed by atoms with E-state index in [4.69, 9.17) is 5.11 Å². The fourth-order valence-corrected chi connectivity index (χ4v) is 3.89. The first kappa shape index (κ1) is 18.9. The molecule has 2 aliphatic rings. The van der Waals surface area contributed by atoms with Gasteiger partial charge in [0, 0.05) is 38.8 Å². The highest BCUT2D eigenvalue weighted by molar-refractivity contribution is 5.87. The molecule has 6 heteroatoms. The summed E-state index contributed by atoms with van der Waals surface area (Å²) in [5.74, 6) is -0.736. The van der Waals surface area contributed by atoms with Gasteiger partial charge in [0.15, 0.2) is 0 Å². The molecule has 1 aromatic carbocycles. The van der Waals surface area contributed by atoms with Crippen molar-refractivity contribution in [2.45, 2.75) is 44.7 Å². The molecule has 142 valence electrons. The zero-order chi connectivity index (χ0) is 18.4. The van der Waals surface area contributed by atoms with E-state index in [1.165, 1.54) is 19.3 Å². The molecule has 1 saturated heterocycles. The largest absolute Gasteiger partial charge is 0.478 e. The molecule has 2 fully saturated rings. The van der Waals surface area contributed by atoms with E-state index >= 15 is 0 Å². The number of rotatable bonds is 6. The van der Waals surface area contributed by atoms with E-state index in [-0.39, 0.29) is 5.91 Å². The predicted molar refractivity (Wildman–Crippen MR) is 100 cm³/mol. The molecule has 0 unspecified atom stereocenters. The zero-order valence-electron chi connectivity index (χ0n) is 15.3. The van der Waals surface area contributed by atoms with E-state index in [9.17, 15) is 9.59 Å². The third-order valence-electron chi connectivity index (χ3n) is 5.38. The number of aromatic carboxylic acids is 1. The number of carbonyl (C=O) groups is 2. The maximum Gasteiger partial charge on any atom is 0.335 e. The summed E-state index contributed by atoms with van der Waals surface area (Å²) in [7, 11) is 0. The van der Waals surface area contributed by atoms with Gasteiger partial charge >= 0.3 is 5.97 Å². The van der Waals surface area contributed by atoms with Gasteiger partial charge in [-0.05, 0) is 30.5 Å². The quantitative estimate of drug-likeness (QED) is 0.812. The number of carboxylic acid groups (broad SMARTS) is 1. The number of nitrogens with one attached hydrogen (secondary N) is 1. The van der Waals surface area contributed by atoms with Crippen LogP contribution in [0, 0.1) is 0 Å². The third-order valence-corrected chi connectivity index (χ3v) is 5.38. The second-order valence-corrected chi connectivity index (χ2v) is 7.46. The molecule has 1 amide bonds. The average molecular weight is 359 g/mol. The fraction of sp³-hybridized carbons (Fsp3) is 0.600. The highest BCUT2D eigenvalue weighted by Gasteiger charge is 2.21. The van der Waals surface area contributed by atoms with Crippen LogP contribution in [0.4, 0.5) is 0 Å². The molecule has 0 spiro atoms. The molecule has 1 aliphatic heterocycles. The monoisotopic (exact) mass is 359 g/mol. The van der Waals surface area contributed by atoms with Crippen LogP contribution >= 0.6 is 0 Å². The number of amides is 1. The van der Waals surface area contributed by atoms with Gasteiger partial charge in [-0.3, -0.25) is 14.6 Å². The lowest BCUT2D eigenvalue weighted by atomic mass is 9.95. The Morgan fingerprint density at radius 1 is 1.04 bits per heavy atom. The summed E-state index contributed by atoms with van der Waals surface area (Å²) in [6.45, 7) is 4.78. The Morgan fingerprint density at radius 2 is 1.73 bits per heavy atom. The Morgan fingerprint density at radius 3 is 2.42 bits per heavy atom. The van der Waals surface area contributed by atoms with Crippen LogP contribution in [0.2, 0.25) is 0 Å². The summed E-state index contributed by atoms with van der Waals surface area (Å²) in [6.07, 6.45) is 5.99. The molecule has 1 aromatic rings. The first-order chi connectivity index (χ1) is 12.6. The van der Waals surface area contributed by atoms with Gasteiger partial charge in [0.25, 0.3) is 0 Å². The highest BCUT2D eigenvalue weighted by atomic mass is 16.4. The smallest absolute Gasteiger partial charge is 0.335 e. The van der Waals surface area contributed by atoms with Crippen LogP contribution in [0.25, 0.3) is 0 Å². The van der Waals surface area contributed by atoms with Crippen LogP contribution < -0.4 is 5.32 Å². The maximum absolute atomic E-state index is 12.2. The van der Waals surface area contributed by atoms with E-state index in [1.54, 1.807) is 18.2 Å². The minimum absolute atomic E-state index is 0.152. The van der Waals surface area contributed by atoms with E-state index in [1.807, 2.05) is 6.07 Å². The Bertz CT molecular complexity index is 620. The van der Waals surface area contributed by atoms with E-state index in [2.05, 4.69) is 15.1 Å². The Kier molecular flexibility index (Phi) is 6.63. The molecular weight excluding hydrogens is 330 g/mol. The number of benzene rings is 1. The van der Waals surface area contributed by atoms with E-state index < -0.39 is 5.97 Å². The normalized spacial score (nSPS) is 20.0. The molecule has 2 N–H and O–H groups in total. The summed E-state index contributed by atoms with van der Waals surface area (Å²) in [6, 6.07) is 7.50. The maximum atomic E-state index is 12.2. The Balaban J connectivity index is 1.40. The summed E-state index contributed by atoms with van der Waals surface area (Å²) in [4.78, 5) is 27.8. The summed E-state index contributed by atoms with van der Waals surface area (Å²) in [5.41, 5.74) is 1.36. The average Bonchev–Trinajstić information content (AvgIpc) is 2.64. The topological polar surface area (TPSA) is 72.9 Å². The third kappa shape index (κ3) is 5.54. The number of hydrogen-bond donors (Lipinski definition) is 2. The van der Waals surface area contributed by atoms with Crippen molar-refractivity contribution < 1.29 is 14.7 Å². The lowest BCUT2D eigenvalue weighted by Crippen LogP contribution is -2.50. The van der Waals surface area contributed by atoms with Gasteiger partial charge in [0.05, 0.1) is 12.1 Å². The number of carboxylic acids is 1. The first-order valence-electron chi connectivity index (χ1n) is 9.66.